The molecular weight excluding hydrogens is 278 g/mol. The highest BCUT2D eigenvalue weighted by Crippen LogP contribution is 2.25. The molecule has 2 aromatic rings. The fourth-order valence-corrected chi connectivity index (χ4v) is 2.73. The van der Waals surface area contributed by atoms with E-state index in [2.05, 4.69) is 10.3 Å². The molecule has 3 rings (SSSR count). The third kappa shape index (κ3) is 3.08. The van der Waals surface area contributed by atoms with E-state index in [0.29, 0.717) is 26.1 Å². The van der Waals surface area contributed by atoms with Crippen molar-refractivity contribution in [2.75, 3.05) is 13.1 Å². The van der Waals surface area contributed by atoms with Crippen molar-refractivity contribution in [2.24, 2.45) is 0 Å². The molecule has 1 aliphatic heterocycles. The summed E-state index contributed by atoms with van der Waals surface area (Å²) in [7, 11) is 0. The number of benzene rings is 1. The van der Waals surface area contributed by atoms with Crippen LogP contribution in [-0.4, -0.2) is 43.7 Å². The van der Waals surface area contributed by atoms with E-state index in [1.165, 1.54) is 18.2 Å². The van der Waals surface area contributed by atoms with Crippen LogP contribution in [0.5, 0.6) is 0 Å². The fraction of sp³-hybridized carbons (Fsp3) is 0.429. The number of β-amino-alcohol motifs (C(OH)–C–C–N with tert-alkyl or cyclic N) is 1. The number of aromatic nitrogens is 3. The summed E-state index contributed by atoms with van der Waals surface area (Å²) in [6.07, 6.45) is 3.75. The zero-order valence-electron chi connectivity index (χ0n) is 11.4. The van der Waals surface area contributed by atoms with E-state index >= 15 is 0 Å². The van der Waals surface area contributed by atoms with E-state index in [1.807, 2.05) is 4.90 Å². The van der Waals surface area contributed by atoms with Gasteiger partial charge in [0.05, 0.1) is 18.3 Å². The molecule has 5 nitrogen and oxygen atoms in total. The summed E-state index contributed by atoms with van der Waals surface area (Å²) in [4.78, 5) is 1.85. The Balaban J connectivity index is 1.67. The first kappa shape index (κ1) is 14.1. The molecule has 0 spiro atoms. The summed E-state index contributed by atoms with van der Waals surface area (Å²) in [5, 5.41) is 18.1. The minimum absolute atomic E-state index is 0.0440. The quantitative estimate of drug-likeness (QED) is 0.920. The second-order valence-corrected chi connectivity index (χ2v) is 5.49. The Bertz CT molecular complexity index is 599. The maximum atomic E-state index is 13.7. The molecule has 0 aliphatic carbocycles. The number of rotatable bonds is 4. The van der Waals surface area contributed by atoms with Crippen LogP contribution in [0.4, 0.5) is 8.78 Å². The molecule has 0 unspecified atom stereocenters. The first-order valence-corrected chi connectivity index (χ1v) is 6.77. The molecule has 1 atom stereocenters. The summed E-state index contributed by atoms with van der Waals surface area (Å²) in [6.45, 7) is 1.40. The first-order valence-electron chi connectivity index (χ1n) is 6.77. The molecular formula is C14H16F2N4O. The van der Waals surface area contributed by atoms with E-state index in [0.717, 1.165) is 0 Å². The highest BCUT2D eigenvalue weighted by molar-refractivity contribution is 5.19. The van der Waals surface area contributed by atoms with Crippen LogP contribution in [0.25, 0.3) is 0 Å². The van der Waals surface area contributed by atoms with Crippen molar-refractivity contribution in [3.05, 3.63) is 47.8 Å². The second-order valence-electron chi connectivity index (χ2n) is 5.49. The summed E-state index contributed by atoms with van der Waals surface area (Å²) in [5.41, 5.74) is -0.905. The van der Waals surface area contributed by atoms with Crippen LogP contribution in [0, 0.1) is 11.6 Å². The van der Waals surface area contributed by atoms with Gasteiger partial charge in [-0.25, -0.2) is 13.5 Å². The first-order chi connectivity index (χ1) is 10.1. The maximum absolute atomic E-state index is 13.7. The lowest BCUT2D eigenvalue weighted by Gasteiger charge is -2.23. The smallest absolute Gasteiger partial charge is 0.130 e. The normalized spacial score (nSPS) is 22.8. The van der Waals surface area contributed by atoms with Gasteiger partial charge in [-0.2, -0.15) is 0 Å². The Kier molecular flexibility index (Phi) is 3.69. The zero-order chi connectivity index (χ0) is 14.9. The van der Waals surface area contributed by atoms with Crippen molar-refractivity contribution in [1.29, 1.82) is 0 Å². The minimum atomic E-state index is -0.949. The monoisotopic (exact) mass is 294 g/mol. The van der Waals surface area contributed by atoms with Crippen LogP contribution in [0.1, 0.15) is 12.0 Å². The van der Waals surface area contributed by atoms with Crippen molar-refractivity contribution in [2.45, 2.75) is 25.1 Å². The molecule has 0 radical (unpaired) electrons. The lowest BCUT2D eigenvalue weighted by molar-refractivity contribution is 0.0272. The van der Waals surface area contributed by atoms with Crippen molar-refractivity contribution in [3.8, 4) is 0 Å². The standard InChI is InChI=1S/C14H16F2N4O/c15-12-2-1-3-13(16)11(12)8-19-6-4-14(21,9-19)10-20-7-5-17-18-20/h1-3,5,7,21H,4,6,8-10H2/t14-/m1/s1. The van der Waals surface area contributed by atoms with Crippen molar-refractivity contribution >= 4 is 0 Å². The number of aliphatic hydroxyl groups is 1. The summed E-state index contributed by atoms with van der Waals surface area (Å²) in [5.74, 6) is -1.11. The van der Waals surface area contributed by atoms with Crippen LogP contribution in [-0.2, 0) is 13.1 Å². The number of likely N-dealkylation sites (tertiary alicyclic amines) is 1. The molecule has 112 valence electrons. The van der Waals surface area contributed by atoms with E-state index in [9.17, 15) is 13.9 Å². The number of hydrogen-bond acceptors (Lipinski definition) is 4. The third-order valence-corrected chi connectivity index (χ3v) is 3.78. The van der Waals surface area contributed by atoms with Crippen LogP contribution in [0.3, 0.4) is 0 Å². The Labute approximate surface area is 120 Å². The van der Waals surface area contributed by atoms with E-state index in [4.69, 9.17) is 0 Å². The predicted molar refractivity (Wildman–Crippen MR) is 71.2 cm³/mol. The zero-order valence-corrected chi connectivity index (χ0v) is 11.4. The third-order valence-electron chi connectivity index (χ3n) is 3.78. The molecule has 0 amide bonds. The number of nitrogens with zero attached hydrogens (tertiary/aromatic N) is 4. The fourth-order valence-electron chi connectivity index (χ4n) is 2.73. The summed E-state index contributed by atoms with van der Waals surface area (Å²) >= 11 is 0. The SMILES string of the molecule is O[C@]1(Cn2ccnn2)CCN(Cc2c(F)cccc2F)C1. The Morgan fingerprint density at radius 1 is 1.29 bits per heavy atom. The average Bonchev–Trinajstić information content (AvgIpc) is 3.05. The number of hydrogen-bond donors (Lipinski definition) is 1. The van der Waals surface area contributed by atoms with E-state index in [1.54, 1.807) is 17.1 Å². The highest BCUT2D eigenvalue weighted by atomic mass is 19.1. The molecule has 1 aromatic heterocycles. The van der Waals surface area contributed by atoms with Gasteiger partial charge in [-0.05, 0) is 18.6 Å². The van der Waals surface area contributed by atoms with Gasteiger partial charge in [-0.15, -0.1) is 5.10 Å². The van der Waals surface area contributed by atoms with Gasteiger partial charge in [0.2, 0.25) is 0 Å². The molecule has 1 aliphatic rings. The number of halogens is 2. The molecule has 0 saturated carbocycles. The molecule has 1 aromatic carbocycles. The van der Waals surface area contributed by atoms with Gasteiger partial charge in [-0.1, -0.05) is 11.3 Å². The molecule has 1 N–H and O–H groups in total. The maximum Gasteiger partial charge on any atom is 0.130 e. The lowest BCUT2D eigenvalue weighted by Crippen LogP contribution is -2.37. The van der Waals surface area contributed by atoms with Crippen LogP contribution in [0.15, 0.2) is 30.6 Å². The molecule has 2 heterocycles. The van der Waals surface area contributed by atoms with Crippen LogP contribution >= 0.6 is 0 Å². The van der Waals surface area contributed by atoms with Gasteiger partial charge in [-0.3, -0.25) is 4.90 Å². The summed E-state index contributed by atoms with van der Waals surface area (Å²) in [6, 6.07) is 3.84. The van der Waals surface area contributed by atoms with Gasteiger partial charge >= 0.3 is 0 Å². The Hall–Kier alpha value is -1.86. The van der Waals surface area contributed by atoms with Crippen LogP contribution < -0.4 is 0 Å². The van der Waals surface area contributed by atoms with Crippen molar-refractivity contribution in [1.82, 2.24) is 19.9 Å². The van der Waals surface area contributed by atoms with Gasteiger partial charge in [0.25, 0.3) is 0 Å². The van der Waals surface area contributed by atoms with E-state index < -0.39 is 17.2 Å². The Morgan fingerprint density at radius 3 is 2.71 bits per heavy atom. The Morgan fingerprint density at radius 2 is 2.05 bits per heavy atom. The van der Waals surface area contributed by atoms with Gasteiger partial charge in [0.1, 0.15) is 11.6 Å². The molecule has 0 bridgehead atoms. The minimum Gasteiger partial charge on any atom is -0.387 e. The molecule has 21 heavy (non-hydrogen) atoms. The van der Waals surface area contributed by atoms with E-state index in [-0.39, 0.29) is 12.1 Å². The van der Waals surface area contributed by atoms with Gasteiger partial charge < -0.3 is 5.11 Å². The van der Waals surface area contributed by atoms with Crippen LogP contribution in [0.2, 0.25) is 0 Å². The lowest BCUT2D eigenvalue weighted by atomic mass is 10.0. The second kappa shape index (κ2) is 5.50. The average molecular weight is 294 g/mol. The van der Waals surface area contributed by atoms with Crippen molar-refractivity contribution in [3.63, 3.8) is 0 Å². The predicted octanol–water partition coefficient (Wildman–Crippen LogP) is 1.19. The van der Waals surface area contributed by atoms with Gasteiger partial charge in [0, 0.05) is 31.4 Å². The summed E-state index contributed by atoms with van der Waals surface area (Å²) < 4.78 is 28.9. The highest BCUT2D eigenvalue weighted by Gasteiger charge is 2.37. The largest absolute Gasteiger partial charge is 0.387 e. The van der Waals surface area contributed by atoms with Gasteiger partial charge in [0.15, 0.2) is 0 Å². The molecule has 1 fully saturated rings. The molecule has 1 saturated heterocycles. The van der Waals surface area contributed by atoms with Crippen molar-refractivity contribution < 1.29 is 13.9 Å². The topological polar surface area (TPSA) is 54.2 Å². The molecule has 7 heteroatoms.